The molecule has 0 aromatic rings. The van der Waals surface area contributed by atoms with Crippen LogP contribution in [-0.2, 0) is 0 Å². The molecule has 13 heavy (non-hydrogen) atoms. The van der Waals surface area contributed by atoms with Crippen LogP contribution in [-0.4, -0.2) is 43.5 Å². The Bertz CT molecular complexity index is 156. The molecule has 1 fully saturated rings. The van der Waals surface area contributed by atoms with Crippen molar-refractivity contribution < 1.29 is 8.78 Å². The molecule has 1 rings (SSSR count). The summed E-state index contributed by atoms with van der Waals surface area (Å²) in [4.78, 5) is 1.70. The fourth-order valence-corrected chi connectivity index (χ4v) is 1.99. The fourth-order valence-electron chi connectivity index (χ4n) is 1.99. The van der Waals surface area contributed by atoms with Crippen LogP contribution in [0.2, 0.25) is 0 Å². The number of alkyl halides is 2. The van der Waals surface area contributed by atoms with Crippen LogP contribution in [0.15, 0.2) is 0 Å². The van der Waals surface area contributed by atoms with E-state index in [2.05, 4.69) is 12.2 Å². The Kier molecular flexibility index (Phi) is 3.62. The van der Waals surface area contributed by atoms with Gasteiger partial charge in [0.2, 0.25) is 0 Å². The topological polar surface area (TPSA) is 15.3 Å². The van der Waals surface area contributed by atoms with E-state index < -0.39 is 6.43 Å². The van der Waals surface area contributed by atoms with Crippen LogP contribution in [0.5, 0.6) is 0 Å². The first-order chi connectivity index (χ1) is 6.02. The summed E-state index contributed by atoms with van der Waals surface area (Å²) in [6.07, 6.45) is 0.00886. The lowest BCUT2D eigenvalue weighted by Gasteiger charge is -2.30. The van der Waals surface area contributed by atoms with Crippen molar-refractivity contribution in [1.82, 2.24) is 10.2 Å². The smallest absolute Gasteiger partial charge is 0.251 e. The average molecular weight is 192 g/mol. The number of halogens is 2. The Labute approximate surface area is 78.3 Å². The Morgan fingerprint density at radius 2 is 2.23 bits per heavy atom. The number of nitrogens with zero attached hydrogens (tertiary/aromatic N) is 1. The molecule has 0 saturated carbocycles. The molecule has 0 bridgehead atoms. The molecule has 78 valence electrons. The van der Waals surface area contributed by atoms with E-state index in [1.165, 1.54) is 0 Å². The van der Waals surface area contributed by atoms with Crippen molar-refractivity contribution in [3.05, 3.63) is 0 Å². The SMILES string of the molecule is CN(CC(F)F)CC1(C)CCCN1. The van der Waals surface area contributed by atoms with Gasteiger partial charge in [0.05, 0.1) is 6.54 Å². The average Bonchev–Trinajstić information content (AvgIpc) is 2.33. The summed E-state index contributed by atoms with van der Waals surface area (Å²) >= 11 is 0. The van der Waals surface area contributed by atoms with Gasteiger partial charge in [-0.05, 0) is 33.4 Å². The molecular weight excluding hydrogens is 174 g/mol. The maximum Gasteiger partial charge on any atom is 0.251 e. The molecule has 4 heteroatoms. The first kappa shape index (κ1) is 10.9. The van der Waals surface area contributed by atoms with Crippen molar-refractivity contribution in [2.45, 2.75) is 31.7 Å². The third kappa shape index (κ3) is 3.56. The number of hydrogen-bond acceptors (Lipinski definition) is 2. The van der Waals surface area contributed by atoms with Crippen LogP contribution in [0.4, 0.5) is 8.78 Å². The van der Waals surface area contributed by atoms with E-state index in [0.717, 1.165) is 19.4 Å². The lowest BCUT2D eigenvalue weighted by Crippen LogP contribution is -2.47. The zero-order valence-electron chi connectivity index (χ0n) is 8.32. The Morgan fingerprint density at radius 3 is 2.69 bits per heavy atom. The second kappa shape index (κ2) is 4.33. The van der Waals surface area contributed by atoms with Crippen molar-refractivity contribution in [3.63, 3.8) is 0 Å². The van der Waals surface area contributed by atoms with Gasteiger partial charge in [0.25, 0.3) is 6.43 Å². The first-order valence-electron chi connectivity index (χ1n) is 4.74. The van der Waals surface area contributed by atoms with Gasteiger partial charge in [0.1, 0.15) is 0 Å². The van der Waals surface area contributed by atoms with Crippen molar-refractivity contribution in [3.8, 4) is 0 Å². The van der Waals surface area contributed by atoms with Crippen LogP contribution in [0.25, 0.3) is 0 Å². The van der Waals surface area contributed by atoms with E-state index in [4.69, 9.17) is 0 Å². The predicted octanol–water partition coefficient (Wildman–Crippen LogP) is 1.33. The van der Waals surface area contributed by atoms with Gasteiger partial charge in [-0.2, -0.15) is 0 Å². The largest absolute Gasteiger partial charge is 0.310 e. The van der Waals surface area contributed by atoms with E-state index in [1.807, 2.05) is 0 Å². The second-order valence-corrected chi connectivity index (χ2v) is 4.18. The highest BCUT2D eigenvalue weighted by atomic mass is 19.3. The van der Waals surface area contributed by atoms with Gasteiger partial charge in [-0.1, -0.05) is 0 Å². The van der Waals surface area contributed by atoms with Crippen LogP contribution < -0.4 is 5.32 Å². The zero-order chi connectivity index (χ0) is 9.90. The molecule has 0 spiro atoms. The molecule has 1 unspecified atom stereocenters. The van der Waals surface area contributed by atoms with E-state index in [-0.39, 0.29) is 12.1 Å². The van der Waals surface area contributed by atoms with E-state index >= 15 is 0 Å². The normalized spacial score (nSPS) is 29.1. The number of nitrogens with one attached hydrogen (secondary N) is 1. The van der Waals surface area contributed by atoms with E-state index in [9.17, 15) is 8.78 Å². The molecule has 0 amide bonds. The van der Waals surface area contributed by atoms with Crippen LogP contribution >= 0.6 is 0 Å². The summed E-state index contributed by atoms with van der Waals surface area (Å²) in [5.41, 5.74) is 0.0453. The highest BCUT2D eigenvalue weighted by Gasteiger charge is 2.29. The molecule has 1 N–H and O–H groups in total. The lowest BCUT2D eigenvalue weighted by molar-refractivity contribution is 0.0890. The van der Waals surface area contributed by atoms with Gasteiger partial charge >= 0.3 is 0 Å². The molecule has 0 radical (unpaired) electrons. The summed E-state index contributed by atoms with van der Waals surface area (Å²) < 4.78 is 24.0. The third-order valence-electron chi connectivity index (χ3n) is 2.53. The van der Waals surface area contributed by atoms with Gasteiger partial charge in [-0.3, -0.25) is 4.90 Å². The second-order valence-electron chi connectivity index (χ2n) is 4.18. The number of hydrogen-bond donors (Lipinski definition) is 1. The van der Waals surface area contributed by atoms with Gasteiger partial charge in [0.15, 0.2) is 0 Å². The molecule has 1 atom stereocenters. The predicted molar refractivity (Wildman–Crippen MR) is 49.1 cm³/mol. The third-order valence-corrected chi connectivity index (χ3v) is 2.53. The minimum atomic E-state index is -2.23. The standard InChI is InChI=1S/C9H18F2N2/c1-9(4-3-5-12-9)7-13(2)6-8(10)11/h8,12H,3-7H2,1-2H3. The Hall–Kier alpha value is -0.220. The van der Waals surface area contributed by atoms with Crippen LogP contribution in [0.3, 0.4) is 0 Å². The van der Waals surface area contributed by atoms with Gasteiger partial charge in [-0.25, -0.2) is 8.78 Å². The molecule has 0 aromatic carbocycles. The molecule has 0 aromatic heterocycles. The Balaban J connectivity index is 2.29. The number of likely N-dealkylation sites (N-methyl/N-ethyl adjacent to an activating group) is 1. The quantitative estimate of drug-likeness (QED) is 0.722. The lowest BCUT2D eigenvalue weighted by atomic mass is 10.00. The van der Waals surface area contributed by atoms with E-state index in [0.29, 0.717) is 6.54 Å². The van der Waals surface area contributed by atoms with Crippen molar-refractivity contribution in [1.29, 1.82) is 0 Å². The summed E-state index contributed by atoms with van der Waals surface area (Å²) in [5, 5.41) is 3.35. The summed E-state index contributed by atoms with van der Waals surface area (Å²) in [7, 11) is 1.75. The summed E-state index contributed by atoms with van der Waals surface area (Å²) in [6.45, 7) is 3.69. The monoisotopic (exact) mass is 192 g/mol. The molecule has 2 nitrogen and oxygen atoms in total. The van der Waals surface area contributed by atoms with E-state index in [1.54, 1.807) is 11.9 Å². The first-order valence-corrected chi connectivity index (χ1v) is 4.74. The molecular formula is C9H18F2N2. The Morgan fingerprint density at radius 1 is 1.54 bits per heavy atom. The zero-order valence-corrected chi connectivity index (χ0v) is 8.32. The van der Waals surface area contributed by atoms with Crippen molar-refractivity contribution >= 4 is 0 Å². The minimum absolute atomic E-state index is 0.0453. The summed E-state index contributed by atoms with van der Waals surface area (Å²) in [6, 6.07) is 0. The maximum absolute atomic E-state index is 12.0. The highest BCUT2D eigenvalue weighted by molar-refractivity contribution is 4.90. The fraction of sp³-hybridized carbons (Fsp3) is 1.00. The molecule has 1 saturated heterocycles. The van der Waals surface area contributed by atoms with Crippen LogP contribution in [0, 0.1) is 0 Å². The summed E-state index contributed by atoms with van der Waals surface area (Å²) in [5.74, 6) is 0. The van der Waals surface area contributed by atoms with Crippen molar-refractivity contribution in [2.24, 2.45) is 0 Å². The maximum atomic E-state index is 12.0. The molecule has 0 aliphatic carbocycles. The molecule has 1 aliphatic rings. The number of rotatable bonds is 4. The van der Waals surface area contributed by atoms with Gasteiger partial charge in [-0.15, -0.1) is 0 Å². The molecule has 1 heterocycles. The molecule has 1 aliphatic heterocycles. The van der Waals surface area contributed by atoms with Gasteiger partial charge < -0.3 is 5.32 Å². The van der Waals surface area contributed by atoms with Crippen LogP contribution in [0.1, 0.15) is 19.8 Å². The highest BCUT2D eigenvalue weighted by Crippen LogP contribution is 2.19. The van der Waals surface area contributed by atoms with Gasteiger partial charge in [0, 0.05) is 12.1 Å². The van der Waals surface area contributed by atoms with Crippen molar-refractivity contribution in [2.75, 3.05) is 26.7 Å². The minimum Gasteiger partial charge on any atom is -0.310 e.